The van der Waals surface area contributed by atoms with Gasteiger partial charge in [-0.25, -0.2) is 14.8 Å². The van der Waals surface area contributed by atoms with E-state index >= 15 is 0 Å². The molecule has 0 aromatic carbocycles. The third-order valence-electron chi connectivity index (χ3n) is 4.96. The fourth-order valence-corrected chi connectivity index (χ4v) is 3.48. The van der Waals surface area contributed by atoms with E-state index in [1.54, 1.807) is 16.8 Å². The van der Waals surface area contributed by atoms with Gasteiger partial charge in [0.25, 0.3) is 0 Å². The van der Waals surface area contributed by atoms with Gasteiger partial charge in [-0.1, -0.05) is 0 Å². The van der Waals surface area contributed by atoms with Crippen LogP contribution in [0, 0.1) is 11.3 Å². The zero-order valence-corrected chi connectivity index (χ0v) is 12.2. The predicted octanol–water partition coefficient (Wildman–Crippen LogP) is 1.66. The minimum absolute atomic E-state index is 0.0118. The summed E-state index contributed by atoms with van der Waals surface area (Å²) in [7, 11) is 0. The van der Waals surface area contributed by atoms with Crippen molar-refractivity contribution >= 4 is 17.6 Å². The first kappa shape index (κ1) is 13.5. The first-order valence-electron chi connectivity index (χ1n) is 7.57. The summed E-state index contributed by atoms with van der Waals surface area (Å²) < 4.78 is 7.22. The Kier molecular flexibility index (Phi) is 3.04. The second kappa shape index (κ2) is 4.95. The fraction of sp³-hybridized carbons (Fsp3) is 0.533. The number of imidazole rings is 1. The van der Waals surface area contributed by atoms with Crippen LogP contribution in [0.15, 0.2) is 18.5 Å². The summed E-state index contributed by atoms with van der Waals surface area (Å²) in [6.45, 7) is 2.52. The number of hydrogen-bond donors (Lipinski definition) is 2. The summed E-state index contributed by atoms with van der Waals surface area (Å²) in [6.07, 6.45) is 6.90. The largest absolute Gasteiger partial charge is 0.477 e. The average molecular weight is 302 g/mol. The molecule has 1 unspecified atom stereocenters. The van der Waals surface area contributed by atoms with E-state index in [2.05, 4.69) is 15.3 Å². The van der Waals surface area contributed by atoms with Crippen LogP contribution in [0.2, 0.25) is 0 Å². The molecule has 2 aliphatic rings. The number of ether oxygens (including phenoxy) is 1. The SMILES string of the molecule is O=C(O)c1cc2nccn2c(NCC2CC23CCOCC3)n1. The number of anilines is 1. The smallest absolute Gasteiger partial charge is 0.354 e. The number of carbonyl (C=O) groups is 1. The van der Waals surface area contributed by atoms with Crippen LogP contribution in [0.4, 0.5) is 5.95 Å². The van der Waals surface area contributed by atoms with Crippen molar-refractivity contribution in [3.8, 4) is 0 Å². The zero-order valence-electron chi connectivity index (χ0n) is 12.2. The van der Waals surface area contributed by atoms with Crippen molar-refractivity contribution in [3.05, 3.63) is 24.2 Å². The van der Waals surface area contributed by atoms with Crippen molar-refractivity contribution in [2.45, 2.75) is 19.3 Å². The van der Waals surface area contributed by atoms with Gasteiger partial charge in [0.2, 0.25) is 5.95 Å². The van der Waals surface area contributed by atoms with Crippen molar-refractivity contribution in [2.75, 3.05) is 25.1 Å². The van der Waals surface area contributed by atoms with Crippen LogP contribution in [0.5, 0.6) is 0 Å². The van der Waals surface area contributed by atoms with Crippen LogP contribution >= 0.6 is 0 Å². The van der Waals surface area contributed by atoms with E-state index in [1.165, 1.54) is 12.5 Å². The quantitative estimate of drug-likeness (QED) is 0.893. The highest BCUT2D eigenvalue weighted by Gasteiger charge is 2.53. The molecule has 0 amide bonds. The zero-order chi connectivity index (χ0) is 15.2. The Balaban J connectivity index is 1.52. The van der Waals surface area contributed by atoms with E-state index in [1.807, 2.05) is 0 Å². The Bertz CT molecular complexity index is 721. The molecule has 1 saturated heterocycles. The average Bonchev–Trinajstić information content (AvgIpc) is 2.97. The van der Waals surface area contributed by atoms with E-state index in [9.17, 15) is 4.79 Å². The van der Waals surface area contributed by atoms with Gasteiger partial charge in [0.15, 0.2) is 5.69 Å². The van der Waals surface area contributed by atoms with E-state index < -0.39 is 5.97 Å². The number of nitrogens with zero attached hydrogens (tertiary/aromatic N) is 3. The first-order chi connectivity index (χ1) is 10.7. The Labute approximate surface area is 127 Å². The number of rotatable bonds is 4. The molecule has 2 aromatic rings. The molecule has 4 rings (SSSR count). The minimum atomic E-state index is -1.04. The predicted molar refractivity (Wildman–Crippen MR) is 79.0 cm³/mol. The Morgan fingerprint density at radius 3 is 3.09 bits per heavy atom. The molecule has 1 aliphatic carbocycles. The summed E-state index contributed by atoms with van der Waals surface area (Å²) in [5.74, 6) is 0.118. The molecule has 1 atom stereocenters. The highest BCUT2D eigenvalue weighted by atomic mass is 16.5. The third kappa shape index (κ3) is 2.21. The molecule has 0 radical (unpaired) electrons. The maximum absolute atomic E-state index is 11.2. The molecule has 0 bridgehead atoms. The molecule has 116 valence electrons. The van der Waals surface area contributed by atoms with Crippen molar-refractivity contribution in [2.24, 2.45) is 11.3 Å². The topological polar surface area (TPSA) is 88.8 Å². The molecule has 1 aliphatic heterocycles. The maximum Gasteiger partial charge on any atom is 0.354 e. The van der Waals surface area contributed by atoms with Crippen LogP contribution < -0.4 is 5.32 Å². The Morgan fingerprint density at radius 1 is 1.50 bits per heavy atom. The van der Waals surface area contributed by atoms with Crippen LogP contribution in [0.3, 0.4) is 0 Å². The van der Waals surface area contributed by atoms with Crippen LogP contribution in [-0.4, -0.2) is 45.2 Å². The molecule has 3 heterocycles. The second-order valence-corrected chi connectivity index (χ2v) is 6.18. The lowest BCUT2D eigenvalue weighted by atomic mass is 9.94. The van der Waals surface area contributed by atoms with Gasteiger partial charge in [0, 0.05) is 38.2 Å². The Hall–Kier alpha value is -2.15. The first-order valence-corrected chi connectivity index (χ1v) is 7.57. The Morgan fingerprint density at radius 2 is 2.32 bits per heavy atom. The maximum atomic E-state index is 11.2. The minimum Gasteiger partial charge on any atom is -0.477 e. The normalized spacial score (nSPS) is 22.8. The van der Waals surface area contributed by atoms with Gasteiger partial charge < -0.3 is 15.2 Å². The number of carboxylic acid groups (broad SMARTS) is 1. The monoisotopic (exact) mass is 302 g/mol. The molecule has 7 nitrogen and oxygen atoms in total. The molecule has 22 heavy (non-hydrogen) atoms. The number of fused-ring (bicyclic) bond motifs is 1. The lowest BCUT2D eigenvalue weighted by Crippen LogP contribution is -2.21. The molecule has 2 N–H and O–H groups in total. The van der Waals surface area contributed by atoms with Crippen molar-refractivity contribution in [1.82, 2.24) is 14.4 Å². The van der Waals surface area contributed by atoms with Gasteiger partial charge in [0.1, 0.15) is 5.65 Å². The van der Waals surface area contributed by atoms with Crippen LogP contribution in [0.25, 0.3) is 5.65 Å². The van der Waals surface area contributed by atoms with Gasteiger partial charge in [0.05, 0.1) is 0 Å². The summed E-state index contributed by atoms with van der Waals surface area (Å²) >= 11 is 0. The summed E-state index contributed by atoms with van der Waals surface area (Å²) in [4.78, 5) is 19.5. The van der Waals surface area contributed by atoms with E-state index in [0.29, 0.717) is 22.9 Å². The molecular weight excluding hydrogens is 284 g/mol. The van der Waals surface area contributed by atoms with Crippen molar-refractivity contribution in [1.29, 1.82) is 0 Å². The molecule has 2 aromatic heterocycles. The number of nitrogens with one attached hydrogen (secondary N) is 1. The van der Waals surface area contributed by atoms with Crippen molar-refractivity contribution < 1.29 is 14.6 Å². The number of aromatic nitrogens is 3. The van der Waals surface area contributed by atoms with Gasteiger partial charge >= 0.3 is 5.97 Å². The number of carboxylic acids is 1. The summed E-state index contributed by atoms with van der Waals surface area (Å²) in [5, 5.41) is 12.5. The molecular formula is C15H18N4O3. The molecule has 1 spiro atoms. The third-order valence-corrected chi connectivity index (χ3v) is 4.96. The molecule has 2 fully saturated rings. The van der Waals surface area contributed by atoms with E-state index in [4.69, 9.17) is 9.84 Å². The van der Waals surface area contributed by atoms with Gasteiger partial charge in [-0.15, -0.1) is 0 Å². The highest BCUT2D eigenvalue weighted by Crippen LogP contribution is 2.58. The second-order valence-electron chi connectivity index (χ2n) is 6.18. The van der Waals surface area contributed by atoms with E-state index in [0.717, 1.165) is 32.6 Å². The summed E-state index contributed by atoms with van der Waals surface area (Å²) in [5.41, 5.74) is 1.04. The lowest BCUT2D eigenvalue weighted by molar-refractivity contribution is 0.0527. The van der Waals surface area contributed by atoms with Crippen LogP contribution in [-0.2, 0) is 4.74 Å². The number of aromatic carboxylic acids is 1. The highest BCUT2D eigenvalue weighted by molar-refractivity contribution is 5.87. The lowest BCUT2D eigenvalue weighted by Gasteiger charge is -2.23. The standard InChI is InChI=1S/C15H18N4O3/c20-13(21)11-7-12-16-3-4-19(12)14(18-11)17-9-10-8-15(10)1-5-22-6-2-15/h3-4,7,10H,1-2,5-6,8-9H2,(H,17,18)(H,20,21). The van der Waals surface area contributed by atoms with Gasteiger partial charge in [-0.2, -0.15) is 0 Å². The van der Waals surface area contributed by atoms with Gasteiger partial charge in [-0.3, -0.25) is 4.40 Å². The molecule has 1 saturated carbocycles. The molecule has 7 heteroatoms. The van der Waals surface area contributed by atoms with Gasteiger partial charge in [-0.05, 0) is 30.6 Å². The van der Waals surface area contributed by atoms with E-state index in [-0.39, 0.29) is 5.69 Å². The number of hydrogen-bond acceptors (Lipinski definition) is 5. The van der Waals surface area contributed by atoms with Crippen molar-refractivity contribution in [3.63, 3.8) is 0 Å². The fourth-order valence-electron chi connectivity index (χ4n) is 3.48. The van der Waals surface area contributed by atoms with Crippen LogP contribution in [0.1, 0.15) is 29.8 Å². The summed E-state index contributed by atoms with van der Waals surface area (Å²) in [6, 6.07) is 1.48.